The maximum Gasteiger partial charge on any atom is 0.339 e. The highest BCUT2D eigenvalue weighted by molar-refractivity contribution is 5.75. The topological polar surface area (TPSA) is 64.3 Å². The second kappa shape index (κ2) is 4.02. The maximum atomic E-state index is 11.1. The van der Waals surface area contributed by atoms with Gasteiger partial charge in [0.2, 0.25) is 0 Å². The van der Waals surface area contributed by atoms with E-state index in [1.54, 1.807) is 10.9 Å². The van der Waals surface area contributed by atoms with Gasteiger partial charge in [-0.3, -0.25) is 4.68 Å². The lowest BCUT2D eigenvalue weighted by molar-refractivity contribution is -0.150. The summed E-state index contributed by atoms with van der Waals surface area (Å²) in [5, 5.41) is 13.6. The van der Waals surface area contributed by atoms with E-state index in [9.17, 15) is 9.90 Å². The highest BCUT2D eigenvalue weighted by Gasteiger charge is 2.22. The van der Waals surface area contributed by atoms with Gasteiger partial charge in [-0.25, -0.2) is 4.79 Å². The molecular formula is C10H16N2O3. The number of hydrogen-bond acceptors (Lipinski definition) is 4. The fraction of sp³-hybridized carbons (Fsp3) is 0.600. The van der Waals surface area contributed by atoms with Gasteiger partial charge in [-0.1, -0.05) is 0 Å². The molecule has 1 aromatic heterocycles. The third-order valence-corrected chi connectivity index (χ3v) is 2.03. The Bertz CT molecular complexity index is 352. The molecule has 1 heterocycles. The summed E-state index contributed by atoms with van der Waals surface area (Å²) in [5.41, 5.74) is 0.269. The molecule has 84 valence electrons. The van der Waals surface area contributed by atoms with Crippen LogP contribution in [-0.2, 0) is 15.1 Å². The third kappa shape index (κ3) is 2.56. The lowest BCUT2D eigenvalue weighted by atomic mass is 10.1. The van der Waals surface area contributed by atoms with Crippen molar-refractivity contribution < 1.29 is 14.6 Å². The van der Waals surface area contributed by atoms with E-state index in [0.717, 1.165) is 0 Å². The van der Waals surface area contributed by atoms with Crippen LogP contribution < -0.4 is 0 Å². The molecule has 5 heteroatoms. The Kier molecular flexibility index (Phi) is 3.14. The summed E-state index contributed by atoms with van der Waals surface area (Å²) in [6.45, 7) is 5.94. The normalized spacial score (nSPS) is 13.7. The predicted octanol–water partition coefficient (Wildman–Crippen LogP) is 0.844. The molecular weight excluding hydrogens is 196 g/mol. The minimum Gasteiger partial charge on any atom is -0.467 e. The van der Waals surface area contributed by atoms with Gasteiger partial charge in [0, 0.05) is 11.8 Å². The second-order valence-corrected chi connectivity index (χ2v) is 4.31. The lowest BCUT2D eigenvalue weighted by Gasteiger charge is -2.18. The van der Waals surface area contributed by atoms with Crippen molar-refractivity contribution in [2.45, 2.75) is 32.4 Å². The molecule has 1 aromatic rings. The van der Waals surface area contributed by atoms with Gasteiger partial charge in [-0.15, -0.1) is 0 Å². The van der Waals surface area contributed by atoms with Gasteiger partial charge in [0.15, 0.2) is 6.10 Å². The van der Waals surface area contributed by atoms with Crippen molar-refractivity contribution in [3.05, 3.63) is 18.0 Å². The average molecular weight is 212 g/mol. The first-order chi connectivity index (χ1) is 6.86. The van der Waals surface area contributed by atoms with Crippen molar-refractivity contribution in [1.29, 1.82) is 0 Å². The third-order valence-electron chi connectivity index (χ3n) is 2.03. The molecule has 0 aliphatic rings. The Morgan fingerprint density at radius 2 is 2.20 bits per heavy atom. The summed E-state index contributed by atoms with van der Waals surface area (Å²) in [7, 11) is 1.24. The number of rotatable bonds is 2. The zero-order valence-corrected chi connectivity index (χ0v) is 9.39. The molecule has 1 N–H and O–H groups in total. The zero-order chi connectivity index (χ0) is 11.6. The van der Waals surface area contributed by atoms with E-state index in [1.807, 2.05) is 20.8 Å². The van der Waals surface area contributed by atoms with Crippen LogP contribution in [0.3, 0.4) is 0 Å². The van der Waals surface area contributed by atoms with Crippen LogP contribution in [0.5, 0.6) is 0 Å². The number of carbonyl (C=O) groups is 1. The minimum absolute atomic E-state index is 0.173. The first kappa shape index (κ1) is 11.7. The van der Waals surface area contributed by atoms with Crippen molar-refractivity contribution in [3.8, 4) is 0 Å². The van der Waals surface area contributed by atoms with Crippen molar-refractivity contribution in [3.63, 3.8) is 0 Å². The molecule has 15 heavy (non-hydrogen) atoms. The summed E-state index contributed by atoms with van der Waals surface area (Å²) in [4.78, 5) is 11.1. The van der Waals surface area contributed by atoms with Gasteiger partial charge in [-0.2, -0.15) is 5.10 Å². The van der Waals surface area contributed by atoms with E-state index >= 15 is 0 Å². The van der Waals surface area contributed by atoms with E-state index < -0.39 is 12.1 Å². The quantitative estimate of drug-likeness (QED) is 0.738. The van der Waals surface area contributed by atoms with Gasteiger partial charge in [0.25, 0.3) is 0 Å². The Labute approximate surface area is 88.7 Å². The largest absolute Gasteiger partial charge is 0.467 e. The molecule has 0 amide bonds. The summed E-state index contributed by atoms with van der Waals surface area (Å²) in [6.07, 6.45) is 1.85. The Hall–Kier alpha value is -1.36. The van der Waals surface area contributed by atoms with Crippen LogP contribution in [-0.4, -0.2) is 28.0 Å². The predicted molar refractivity (Wildman–Crippen MR) is 54.2 cm³/mol. The van der Waals surface area contributed by atoms with E-state index in [2.05, 4.69) is 9.84 Å². The van der Waals surface area contributed by atoms with Gasteiger partial charge < -0.3 is 9.84 Å². The van der Waals surface area contributed by atoms with Gasteiger partial charge in [0.1, 0.15) is 0 Å². The SMILES string of the molecule is COC(=O)C(O)c1cnn(C(C)(C)C)c1. The van der Waals surface area contributed by atoms with Crippen LogP contribution in [0.15, 0.2) is 12.4 Å². The monoisotopic (exact) mass is 212 g/mol. The van der Waals surface area contributed by atoms with Gasteiger partial charge >= 0.3 is 5.97 Å². The minimum atomic E-state index is -1.26. The first-order valence-electron chi connectivity index (χ1n) is 4.67. The fourth-order valence-corrected chi connectivity index (χ4v) is 1.09. The van der Waals surface area contributed by atoms with E-state index in [1.165, 1.54) is 13.3 Å². The number of esters is 1. The second-order valence-electron chi connectivity index (χ2n) is 4.31. The Morgan fingerprint density at radius 1 is 1.60 bits per heavy atom. The lowest BCUT2D eigenvalue weighted by Crippen LogP contribution is -2.22. The van der Waals surface area contributed by atoms with Crippen molar-refractivity contribution in [2.24, 2.45) is 0 Å². The highest BCUT2D eigenvalue weighted by atomic mass is 16.5. The number of aliphatic hydroxyl groups is 1. The smallest absolute Gasteiger partial charge is 0.339 e. The number of ether oxygens (including phenoxy) is 1. The fourth-order valence-electron chi connectivity index (χ4n) is 1.09. The standard InChI is InChI=1S/C10H16N2O3/c1-10(2,3)12-6-7(5-11-12)8(13)9(14)15-4/h5-6,8,13H,1-4H3. The summed E-state index contributed by atoms with van der Waals surface area (Å²) >= 11 is 0. The summed E-state index contributed by atoms with van der Waals surface area (Å²) in [6, 6.07) is 0. The van der Waals surface area contributed by atoms with Crippen molar-refractivity contribution >= 4 is 5.97 Å². The number of carbonyl (C=O) groups excluding carboxylic acids is 1. The number of aliphatic hydroxyl groups excluding tert-OH is 1. The summed E-state index contributed by atoms with van der Waals surface area (Å²) < 4.78 is 6.12. The van der Waals surface area contributed by atoms with Crippen LogP contribution in [0, 0.1) is 0 Å². The molecule has 1 unspecified atom stereocenters. The van der Waals surface area contributed by atoms with E-state index in [4.69, 9.17) is 0 Å². The van der Waals surface area contributed by atoms with Crippen LogP contribution in [0.25, 0.3) is 0 Å². The molecule has 0 bridgehead atoms. The zero-order valence-electron chi connectivity index (χ0n) is 9.39. The van der Waals surface area contributed by atoms with Gasteiger partial charge in [-0.05, 0) is 20.8 Å². The Balaban J connectivity index is 2.89. The number of methoxy groups -OCH3 is 1. The van der Waals surface area contributed by atoms with E-state index in [-0.39, 0.29) is 5.54 Å². The molecule has 0 aliphatic heterocycles. The molecule has 0 spiro atoms. The molecule has 0 radical (unpaired) electrons. The molecule has 0 aromatic carbocycles. The summed E-state index contributed by atoms with van der Waals surface area (Å²) in [5.74, 6) is -0.677. The first-order valence-corrected chi connectivity index (χ1v) is 4.67. The van der Waals surface area contributed by atoms with Crippen molar-refractivity contribution in [1.82, 2.24) is 9.78 Å². The molecule has 0 saturated carbocycles. The van der Waals surface area contributed by atoms with Crippen LogP contribution in [0.2, 0.25) is 0 Å². The average Bonchev–Trinajstić information content (AvgIpc) is 2.63. The Morgan fingerprint density at radius 3 is 2.60 bits per heavy atom. The number of nitrogens with zero attached hydrogens (tertiary/aromatic N) is 2. The number of hydrogen-bond donors (Lipinski definition) is 1. The van der Waals surface area contributed by atoms with Crippen LogP contribution in [0.1, 0.15) is 32.4 Å². The maximum absolute atomic E-state index is 11.1. The van der Waals surface area contributed by atoms with Crippen molar-refractivity contribution in [2.75, 3.05) is 7.11 Å². The molecule has 0 saturated heterocycles. The highest BCUT2D eigenvalue weighted by Crippen LogP contribution is 2.18. The number of aromatic nitrogens is 2. The molecule has 0 fully saturated rings. The molecule has 5 nitrogen and oxygen atoms in total. The molecule has 1 rings (SSSR count). The van der Waals surface area contributed by atoms with Crippen LogP contribution in [0.4, 0.5) is 0 Å². The van der Waals surface area contributed by atoms with Crippen LogP contribution >= 0.6 is 0 Å². The molecule has 0 aliphatic carbocycles. The molecule has 1 atom stereocenters. The van der Waals surface area contributed by atoms with E-state index in [0.29, 0.717) is 5.56 Å². The van der Waals surface area contributed by atoms with Gasteiger partial charge in [0.05, 0.1) is 18.8 Å².